The number of allylic oxidation sites excluding steroid dienone is 1. The van der Waals surface area contributed by atoms with Crippen molar-refractivity contribution in [1.29, 1.82) is 0 Å². The second-order valence-electron chi connectivity index (χ2n) is 0.521. The quantitative estimate of drug-likeness (QED) is 0.371. The predicted molar refractivity (Wildman–Crippen MR) is 27.0 cm³/mol. The Hall–Kier alpha value is -0.370. The Bertz CT molecular complexity index is 48.9. The lowest BCUT2D eigenvalue weighted by Gasteiger charge is -1.56. The maximum Gasteiger partial charge on any atom is 0.00277 e. The molecule has 0 aromatic carbocycles. The first-order valence-corrected chi connectivity index (χ1v) is 1.71. The van der Waals surface area contributed by atoms with Gasteiger partial charge in [-0.2, -0.15) is 0 Å². The van der Waals surface area contributed by atoms with Crippen LogP contribution >= 0.6 is 12.2 Å². The fourth-order valence-electron chi connectivity index (χ4n) is 0.0454. The third-order valence-electron chi connectivity index (χ3n) is 0.190. The lowest BCUT2D eigenvalue weighted by Crippen LogP contribution is -1.73. The number of rotatable bonds is 1. The normalized spacial score (nSPS) is 8.80. The lowest BCUT2D eigenvalue weighted by atomic mass is 10.7. The fourth-order valence-corrected chi connectivity index (χ4v) is 0.136. The van der Waals surface area contributed by atoms with Gasteiger partial charge in [0.05, 0.1) is 0 Å². The van der Waals surface area contributed by atoms with E-state index in [1.165, 1.54) is 11.6 Å². The molecule has 2 heteroatoms. The Balaban J connectivity index is 2.92. The molecule has 0 aliphatic rings. The molecule has 0 rings (SSSR count). The molecule has 0 fully saturated rings. The lowest BCUT2D eigenvalue weighted by molar-refractivity contribution is 1.63. The molecule has 0 aromatic rings. The number of hydrogen-bond donors (Lipinski definition) is 1. The van der Waals surface area contributed by atoms with Crippen LogP contribution in [0.1, 0.15) is 0 Å². The average molecular weight is 87.1 g/mol. The highest BCUT2D eigenvalue weighted by Gasteiger charge is 1.43. The Morgan fingerprint density at radius 3 is 2.20 bits per heavy atom. The monoisotopic (exact) mass is 87.0 g/mol. The molecular weight excluding hydrogens is 82.1 g/mol. The van der Waals surface area contributed by atoms with Crippen LogP contribution in [0.4, 0.5) is 0 Å². The maximum absolute atomic E-state index is 4.86. The van der Waals surface area contributed by atoms with E-state index < -0.39 is 0 Å². The molecule has 0 saturated carbocycles. The van der Waals surface area contributed by atoms with E-state index in [0.29, 0.717) is 0 Å². The van der Waals surface area contributed by atoms with E-state index in [1.54, 1.807) is 6.08 Å². The van der Waals surface area contributed by atoms with Crippen molar-refractivity contribution in [2.75, 3.05) is 0 Å². The Labute approximate surface area is 36.5 Å². The molecule has 5 heavy (non-hydrogen) atoms. The van der Waals surface area contributed by atoms with Crippen LogP contribution in [0.25, 0.3) is 0 Å². The molecule has 0 saturated heterocycles. The predicted octanol–water partition coefficient (Wildman–Crippen LogP) is 0.459. The molecule has 28 valence electrons. The molecule has 0 spiro atoms. The summed E-state index contributed by atoms with van der Waals surface area (Å²) in [5.41, 5.74) is 4.86. The summed E-state index contributed by atoms with van der Waals surface area (Å²) >= 11 is 4.36. The van der Waals surface area contributed by atoms with E-state index in [9.17, 15) is 0 Å². The van der Waals surface area contributed by atoms with E-state index >= 15 is 0 Å². The minimum Gasteiger partial charge on any atom is -0.405 e. The third-order valence-corrected chi connectivity index (χ3v) is 0.347. The second-order valence-corrected chi connectivity index (χ2v) is 0.793. The van der Waals surface area contributed by atoms with Crippen molar-refractivity contribution in [3.05, 3.63) is 12.3 Å². The highest BCUT2D eigenvalue weighted by atomic mass is 32.1. The van der Waals surface area contributed by atoms with Crippen LogP contribution in [0.3, 0.4) is 0 Å². The summed E-state index contributed by atoms with van der Waals surface area (Å²) in [6.07, 6.45) is 2.99. The van der Waals surface area contributed by atoms with Gasteiger partial charge in [-0.15, -0.1) is 0 Å². The van der Waals surface area contributed by atoms with Crippen molar-refractivity contribution >= 4 is 17.6 Å². The highest BCUT2D eigenvalue weighted by Crippen LogP contribution is 1.51. The fraction of sp³-hybridized carbons (Fsp3) is 0. The number of hydrogen-bond acceptors (Lipinski definition) is 2. The molecule has 0 atom stereocenters. The molecule has 0 amide bonds. The molecule has 1 nitrogen and oxygen atoms in total. The summed E-state index contributed by atoms with van der Waals surface area (Å²) in [5, 5.41) is 1.46. The van der Waals surface area contributed by atoms with Crippen molar-refractivity contribution in [3.63, 3.8) is 0 Å². The Morgan fingerprint density at radius 1 is 1.60 bits per heavy atom. The molecule has 0 heterocycles. The smallest absolute Gasteiger partial charge is 0.00277 e. The SMILES string of the molecule is N/C=C/C=S. The van der Waals surface area contributed by atoms with Crippen molar-refractivity contribution in [1.82, 2.24) is 0 Å². The van der Waals surface area contributed by atoms with Gasteiger partial charge in [-0.3, -0.25) is 0 Å². The zero-order chi connectivity index (χ0) is 4.12. The van der Waals surface area contributed by atoms with Gasteiger partial charge in [0, 0.05) is 5.37 Å². The largest absolute Gasteiger partial charge is 0.405 e. The zero-order valence-electron chi connectivity index (χ0n) is 2.72. The summed E-state index contributed by atoms with van der Waals surface area (Å²) < 4.78 is 0. The standard InChI is InChI=1S/C3H5NS/c4-2-1-3-5/h1-3H,4H2/b2-1+. The summed E-state index contributed by atoms with van der Waals surface area (Å²) in [6.45, 7) is 0. The van der Waals surface area contributed by atoms with E-state index in [2.05, 4.69) is 12.2 Å². The number of nitrogens with two attached hydrogens (primary N) is 1. The van der Waals surface area contributed by atoms with E-state index in [0.717, 1.165) is 0 Å². The van der Waals surface area contributed by atoms with Crippen LogP contribution in [0.2, 0.25) is 0 Å². The van der Waals surface area contributed by atoms with Crippen molar-refractivity contribution in [2.24, 2.45) is 5.73 Å². The summed E-state index contributed by atoms with van der Waals surface area (Å²) in [6, 6.07) is 0. The van der Waals surface area contributed by atoms with E-state index in [4.69, 9.17) is 5.73 Å². The van der Waals surface area contributed by atoms with Gasteiger partial charge in [0.2, 0.25) is 0 Å². The van der Waals surface area contributed by atoms with Crippen LogP contribution < -0.4 is 5.73 Å². The first kappa shape index (κ1) is 4.63. The van der Waals surface area contributed by atoms with Gasteiger partial charge >= 0.3 is 0 Å². The topological polar surface area (TPSA) is 26.0 Å². The molecular formula is C3H5NS. The number of thiocarbonyl (C=S) groups is 1. The minimum atomic E-state index is 1.40. The van der Waals surface area contributed by atoms with Crippen LogP contribution in [-0.4, -0.2) is 5.37 Å². The van der Waals surface area contributed by atoms with Crippen LogP contribution in [0.5, 0.6) is 0 Å². The zero-order valence-corrected chi connectivity index (χ0v) is 3.53. The van der Waals surface area contributed by atoms with Gasteiger partial charge in [0.1, 0.15) is 0 Å². The average Bonchev–Trinajstić information content (AvgIpc) is 1.41. The maximum atomic E-state index is 4.86. The molecule has 0 aromatic heterocycles. The summed E-state index contributed by atoms with van der Waals surface area (Å²) in [4.78, 5) is 0. The molecule has 0 bridgehead atoms. The van der Waals surface area contributed by atoms with Crippen molar-refractivity contribution in [3.8, 4) is 0 Å². The summed E-state index contributed by atoms with van der Waals surface area (Å²) in [7, 11) is 0. The molecule has 0 aliphatic carbocycles. The van der Waals surface area contributed by atoms with Crippen molar-refractivity contribution in [2.45, 2.75) is 0 Å². The first-order chi connectivity index (χ1) is 2.41. The van der Waals surface area contributed by atoms with E-state index in [-0.39, 0.29) is 0 Å². The second kappa shape index (κ2) is 3.63. The van der Waals surface area contributed by atoms with Crippen molar-refractivity contribution < 1.29 is 0 Å². The van der Waals surface area contributed by atoms with E-state index in [1.807, 2.05) is 0 Å². The Kier molecular flexibility index (Phi) is 3.36. The summed E-state index contributed by atoms with van der Waals surface area (Å²) in [5.74, 6) is 0. The molecule has 0 aliphatic heterocycles. The third kappa shape index (κ3) is 3.63. The van der Waals surface area contributed by atoms with Gasteiger partial charge < -0.3 is 5.73 Å². The van der Waals surface area contributed by atoms with Gasteiger partial charge in [0.15, 0.2) is 0 Å². The van der Waals surface area contributed by atoms with Gasteiger partial charge in [-0.05, 0) is 12.3 Å². The minimum absolute atomic E-state index is 1.40. The van der Waals surface area contributed by atoms with Gasteiger partial charge in [-0.25, -0.2) is 0 Å². The van der Waals surface area contributed by atoms with Crippen LogP contribution in [-0.2, 0) is 0 Å². The van der Waals surface area contributed by atoms with Crippen LogP contribution in [0, 0.1) is 0 Å². The highest BCUT2D eigenvalue weighted by molar-refractivity contribution is 7.79. The molecule has 0 unspecified atom stereocenters. The first-order valence-electron chi connectivity index (χ1n) is 1.24. The molecule has 2 N–H and O–H groups in total. The van der Waals surface area contributed by atoms with Gasteiger partial charge in [-0.1, -0.05) is 12.2 Å². The van der Waals surface area contributed by atoms with Gasteiger partial charge in [0.25, 0.3) is 0 Å². The Morgan fingerprint density at radius 2 is 2.20 bits per heavy atom. The molecule has 0 radical (unpaired) electrons. The van der Waals surface area contributed by atoms with Crippen LogP contribution in [0.15, 0.2) is 12.3 Å².